The molecule has 3 amide bonds. The molecule has 2 aromatic rings. The van der Waals surface area contributed by atoms with Crippen molar-refractivity contribution in [3.05, 3.63) is 64.9 Å². The van der Waals surface area contributed by atoms with Gasteiger partial charge in [-0.3, -0.25) is 4.79 Å². The number of carbonyl (C=O) groups is 2. The molecule has 3 rings (SSSR count). The maximum absolute atomic E-state index is 13.2. The lowest BCUT2D eigenvalue weighted by Crippen LogP contribution is -2.46. The van der Waals surface area contributed by atoms with E-state index in [1.807, 2.05) is 31.2 Å². The van der Waals surface area contributed by atoms with Gasteiger partial charge in [0.15, 0.2) is 0 Å². The zero-order valence-electron chi connectivity index (χ0n) is 16.3. The van der Waals surface area contributed by atoms with E-state index in [1.165, 1.54) is 7.11 Å². The summed E-state index contributed by atoms with van der Waals surface area (Å²) in [6.45, 7) is 3.66. The monoisotopic (exact) mass is 381 g/mol. The quantitative estimate of drug-likeness (QED) is 0.742. The number of rotatable bonds is 5. The zero-order valence-corrected chi connectivity index (χ0v) is 16.3. The highest BCUT2D eigenvalue weighted by Crippen LogP contribution is 2.33. The second kappa shape index (κ2) is 8.04. The topological polar surface area (TPSA) is 88.7 Å². The van der Waals surface area contributed by atoms with E-state index < -0.39 is 6.04 Å². The Bertz CT molecular complexity index is 952. The Morgan fingerprint density at radius 3 is 2.50 bits per heavy atom. The molecule has 0 unspecified atom stereocenters. The van der Waals surface area contributed by atoms with Gasteiger partial charge in [0.1, 0.15) is 11.5 Å². The van der Waals surface area contributed by atoms with Crippen LogP contribution in [0.2, 0.25) is 0 Å². The van der Waals surface area contributed by atoms with Crippen molar-refractivity contribution in [2.24, 2.45) is 0 Å². The molecular formula is C21H23N3O4. The maximum atomic E-state index is 13.2. The summed E-state index contributed by atoms with van der Waals surface area (Å²) in [4.78, 5) is 25.2. The Morgan fingerprint density at radius 2 is 1.82 bits per heavy atom. The van der Waals surface area contributed by atoms with E-state index in [0.29, 0.717) is 28.5 Å². The minimum absolute atomic E-state index is 0.332. The SMILES string of the molecule is COc1ccc(NC(=O)C2=C(C)NC(=O)N[C@H]2c2ccccc2C)c(OC)c1. The Kier molecular flexibility index (Phi) is 5.54. The number of urea groups is 1. The number of ether oxygens (including phenoxy) is 2. The molecule has 0 bridgehead atoms. The van der Waals surface area contributed by atoms with E-state index in [2.05, 4.69) is 16.0 Å². The van der Waals surface area contributed by atoms with Crippen LogP contribution in [0.25, 0.3) is 0 Å². The number of carbonyl (C=O) groups excluding carboxylic acids is 2. The molecule has 3 N–H and O–H groups in total. The van der Waals surface area contributed by atoms with Crippen LogP contribution in [0, 0.1) is 6.92 Å². The number of amides is 3. The van der Waals surface area contributed by atoms with Crippen LogP contribution in [0.15, 0.2) is 53.7 Å². The summed E-state index contributed by atoms with van der Waals surface area (Å²) in [6.07, 6.45) is 0. The summed E-state index contributed by atoms with van der Waals surface area (Å²) in [5.74, 6) is 0.766. The number of hydrogen-bond acceptors (Lipinski definition) is 4. The Hall–Kier alpha value is -3.48. The summed E-state index contributed by atoms with van der Waals surface area (Å²) in [5, 5.41) is 8.41. The van der Waals surface area contributed by atoms with Crippen LogP contribution in [-0.2, 0) is 4.79 Å². The first-order chi connectivity index (χ1) is 13.4. The largest absolute Gasteiger partial charge is 0.497 e. The van der Waals surface area contributed by atoms with Crippen molar-refractivity contribution in [3.8, 4) is 11.5 Å². The van der Waals surface area contributed by atoms with Gasteiger partial charge in [-0.1, -0.05) is 24.3 Å². The molecule has 1 aliphatic rings. The molecule has 1 atom stereocenters. The molecule has 0 fully saturated rings. The minimum Gasteiger partial charge on any atom is -0.497 e. The zero-order chi connectivity index (χ0) is 20.3. The highest BCUT2D eigenvalue weighted by atomic mass is 16.5. The van der Waals surface area contributed by atoms with Crippen molar-refractivity contribution in [3.63, 3.8) is 0 Å². The van der Waals surface area contributed by atoms with Crippen LogP contribution in [0.1, 0.15) is 24.1 Å². The summed E-state index contributed by atoms with van der Waals surface area (Å²) in [5.41, 5.74) is 3.29. The number of aryl methyl sites for hydroxylation is 1. The van der Waals surface area contributed by atoms with Crippen molar-refractivity contribution in [1.82, 2.24) is 10.6 Å². The summed E-state index contributed by atoms with van der Waals surface area (Å²) in [7, 11) is 3.08. The van der Waals surface area contributed by atoms with Crippen molar-refractivity contribution >= 4 is 17.6 Å². The molecule has 1 aliphatic heterocycles. The van der Waals surface area contributed by atoms with Gasteiger partial charge in [0, 0.05) is 11.8 Å². The molecule has 0 saturated carbocycles. The molecular weight excluding hydrogens is 358 g/mol. The van der Waals surface area contributed by atoms with E-state index in [-0.39, 0.29) is 11.9 Å². The summed E-state index contributed by atoms with van der Waals surface area (Å²) >= 11 is 0. The van der Waals surface area contributed by atoms with Crippen molar-refractivity contribution in [2.45, 2.75) is 19.9 Å². The van der Waals surface area contributed by atoms with Crippen molar-refractivity contribution < 1.29 is 19.1 Å². The predicted molar refractivity (Wildman–Crippen MR) is 106 cm³/mol. The lowest BCUT2D eigenvalue weighted by atomic mass is 9.92. The fraction of sp³-hybridized carbons (Fsp3) is 0.238. The number of hydrogen-bond donors (Lipinski definition) is 3. The van der Waals surface area contributed by atoms with E-state index in [9.17, 15) is 9.59 Å². The average Bonchev–Trinajstić information content (AvgIpc) is 2.67. The molecule has 146 valence electrons. The van der Waals surface area contributed by atoms with Gasteiger partial charge in [-0.25, -0.2) is 4.79 Å². The fourth-order valence-corrected chi connectivity index (χ4v) is 3.23. The molecule has 2 aromatic carbocycles. The molecule has 28 heavy (non-hydrogen) atoms. The summed E-state index contributed by atoms with van der Waals surface area (Å²) < 4.78 is 10.5. The Morgan fingerprint density at radius 1 is 1.07 bits per heavy atom. The van der Waals surface area contributed by atoms with Crippen LogP contribution in [0.4, 0.5) is 10.5 Å². The Labute approximate surface area is 163 Å². The van der Waals surface area contributed by atoms with Gasteiger partial charge in [-0.2, -0.15) is 0 Å². The van der Waals surface area contributed by atoms with Crippen LogP contribution in [0.3, 0.4) is 0 Å². The van der Waals surface area contributed by atoms with Gasteiger partial charge in [0.05, 0.1) is 31.5 Å². The third-order valence-corrected chi connectivity index (χ3v) is 4.67. The van der Waals surface area contributed by atoms with E-state index >= 15 is 0 Å². The molecule has 0 saturated heterocycles. The highest BCUT2D eigenvalue weighted by Gasteiger charge is 2.32. The molecule has 1 heterocycles. The first-order valence-corrected chi connectivity index (χ1v) is 8.81. The number of methoxy groups -OCH3 is 2. The highest BCUT2D eigenvalue weighted by molar-refractivity contribution is 6.07. The number of benzene rings is 2. The molecule has 0 aromatic heterocycles. The van der Waals surface area contributed by atoms with Crippen LogP contribution >= 0.6 is 0 Å². The Balaban J connectivity index is 1.97. The van der Waals surface area contributed by atoms with Gasteiger partial charge >= 0.3 is 6.03 Å². The van der Waals surface area contributed by atoms with Crippen molar-refractivity contribution in [1.29, 1.82) is 0 Å². The third-order valence-electron chi connectivity index (χ3n) is 4.67. The molecule has 0 aliphatic carbocycles. The van der Waals surface area contributed by atoms with E-state index in [0.717, 1.165) is 11.1 Å². The smallest absolute Gasteiger partial charge is 0.319 e. The van der Waals surface area contributed by atoms with Gasteiger partial charge < -0.3 is 25.4 Å². The van der Waals surface area contributed by atoms with Crippen LogP contribution in [-0.4, -0.2) is 26.2 Å². The molecule has 0 radical (unpaired) electrons. The maximum Gasteiger partial charge on any atom is 0.319 e. The lowest BCUT2D eigenvalue weighted by Gasteiger charge is -2.29. The molecule has 7 nitrogen and oxygen atoms in total. The van der Waals surface area contributed by atoms with Crippen LogP contribution in [0.5, 0.6) is 11.5 Å². The number of allylic oxidation sites excluding steroid dienone is 1. The minimum atomic E-state index is -0.556. The van der Waals surface area contributed by atoms with Gasteiger partial charge in [-0.15, -0.1) is 0 Å². The van der Waals surface area contributed by atoms with E-state index in [4.69, 9.17) is 9.47 Å². The fourth-order valence-electron chi connectivity index (χ4n) is 3.23. The second-order valence-corrected chi connectivity index (χ2v) is 6.45. The number of anilines is 1. The van der Waals surface area contributed by atoms with Crippen LogP contribution < -0.4 is 25.4 Å². The normalized spacial score (nSPS) is 16.1. The molecule has 7 heteroatoms. The van der Waals surface area contributed by atoms with Gasteiger partial charge in [0.25, 0.3) is 5.91 Å². The predicted octanol–water partition coefficient (Wildman–Crippen LogP) is 3.28. The standard InChI is InChI=1S/C21H23N3O4/c1-12-7-5-6-8-15(12)19-18(13(2)22-21(26)24-19)20(25)23-16-10-9-14(27-3)11-17(16)28-4/h5-11,19H,1-4H3,(H,23,25)(H2,22,24,26)/t19-/m0/s1. The first kappa shape index (κ1) is 19.3. The third kappa shape index (κ3) is 3.78. The number of nitrogens with one attached hydrogen (secondary N) is 3. The molecule has 0 spiro atoms. The average molecular weight is 381 g/mol. The first-order valence-electron chi connectivity index (χ1n) is 8.81. The van der Waals surface area contributed by atoms with Gasteiger partial charge in [0.2, 0.25) is 0 Å². The second-order valence-electron chi connectivity index (χ2n) is 6.45. The lowest BCUT2D eigenvalue weighted by molar-refractivity contribution is -0.113. The van der Waals surface area contributed by atoms with Gasteiger partial charge in [-0.05, 0) is 37.1 Å². The van der Waals surface area contributed by atoms with Crippen molar-refractivity contribution in [2.75, 3.05) is 19.5 Å². The van der Waals surface area contributed by atoms with E-state index in [1.54, 1.807) is 32.2 Å². The summed E-state index contributed by atoms with van der Waals surface area (Å²) in [6, 6.07) is 11.9.